The number of rotatable bonds is 4. The molecule has 0 saturated carbocycles. The molecule has 1 aromatic rings. The number of ether oxygens (including phenoxy) is 2. The first kappa shape index (κ1) is 14.0. The van der Waals surface area contributed by atoms with Crippen LogP contribution >= 0.6 is 11.8 Å². The predicted octanol–water partition coefficient (Wildman–Crippen LogP) is 3.16. The first-order valence-electron chi connectivity index (χ1n) is 6.33. The Morgan fingerprint density at radius 3 is 2.79 bits per heavy atom. The predicted molar refractivity (Wildman–Crippen MR) is 76.8 cm³/mol. The number of benzene rings is 1. The minimum atomic E-state index is -0.302. The van der Waals surface area contributed by atoms with Gasteiger partial charge in [-0.15, -0.1) is 11.8 Å². The SMILES string of the molecule is COC(=O)C1=C(C)OC(CCc2ccccc2)CS1. The highest BCUT2D eigenvalue weighted by Gasteiger charge is 2.25. The topological polar surface area (TPSA) is 35.5 Å². The number of methoxy groups -OCH3 is 1. The number of carbonyl (C=O) groups excluding carboxylic acids is 1. The normalized spacial score (nSPS) is 18.9. The maximum absolute atomic E-state index is 11.5. The maximum Gasteiger partial charge on any atom is 0.347 e. The van der Waals surface area contributed by atoms with Gasteiger partial charge < -0.3 is 9.47 Å². The minimum Gasteiger partial charge on any atom is -0.493 e. The Labute approximate surface area is 118 Å². The van der Waals surface area contributed by atoms with Crippen molar-refractivity contribution in [3.05, 3.63) is 46.6 Å². The Hall–Kier alpha value is -1.42. The molecule has 0 fully saturated rings. The molecule has 0 aliphatic carbocycles. The molecule has 0 radical (unpaired) electrons. The van der Waals surface area contributed by atoms with E-state index in [4.69, 9.17) is 9.47 Å². The highest BCUT2D eigenvalue weighted by molar-refractivity contribution is 8.04. The average molecular weight is 278 g/mol. The van der Waals surface area contributed by atoms with Crippen molar-refractivity contribution in [2.45, 2.75) is 25.9 Å². The number of carbonyl (C=O) groups is 1. The summed E-state index contributed by atoms with van der Waals surface area (Å²) in [6, 6.07) is 10.4. The molecule has 1 aromatic carbocycles. The molecule has 2 rings (SSSR count). The molecular weight excluding hydrogens is 260 g/mol. The summed E-state index contributed by atoms with van der Waals surface area (Å²) in [5.41, 5.74) is 1.32. The first-order chi connectivity index (χ1) is 9.20. The Morgan fingerprint density at radius 1 is 1.42 bits per heavy atom. The van der Waals surface area contributed by atoms with Gasteiger partial charge in [-0.3, -0.25) is 0 Å². The zero-order valence-corrected chi connectivity index (χ0v) is 12.0. The fraction of sp³-hybridized carbons (Fsp3) is 0.400. The van der Waals surface area contributed by atoms with E-state index in [1.165, 1.54) is 24.4 Å². The number of hydrogen-bond acceptors (Lipinski definition) is 4. The molecule has 1 atom stereocenters. The smallest absolute Gasteiger partial charge is 0.347 e. The largest absolute Gasteiger partial charge is 0.493 e. The third-order valence-corrected chi connectivity index (χ3v) is 4.33. The summed E-state index contributed by atoms with van der Waals surface area (Å²) < 4.78 is 10.5. The molecule has 102 valence electrons. The molecule has 1 unspecified atom stereocenters. The summed E-state index contributed by atoms with van der Waals surface area (Å²) in [5, 5.41) is 0. The van der Waals surface area contributed by atoms with Gasteiger partial charge in [-0.1, -0.05) is 30.3 Å². The van der Waals surface area contributed by atoms with Gasteiger partial charge in [0.1, 0.15) is 16.8 Å². The minimum absolute atomic E-state index is 0.165. The van der Waals surface area contributed by atoms with E-state index in [-0.39, 0.29) is 12.1 Å². The van der Waals surface area contributed by atoms with E-state index >= 15 is 0 Å². The van der Waals surface area contributed by atoms with Crippen LogP contribution in [0.3, 0.4) is 0 Å². The van der Waals surface area contributed by atoms with Crippen molar-refractivity contribution in [2.24, 2.45) is 0 Å². The van der Waals surface area contributed by atoms with Crippen LogP contribution < -0.4 is 0 Å². The van der Waals surface area contributed by atoms with E-state index in [0.717, 1.165) is 18.6 Å². The van der Waals surface area contributed by atoms with Crippen molar-refractivity contribution in [3.8, 4) is 0 Å². The maximum atomic E-state index is 11.5. The second kappa shape index (κ2) is 6.66. The van der Waals surface area contributed by atoms with Crippen LogP contribution in [0.25, 0.3) is 0 Å². The van der Waals surface area contributed by atoms with Crippen molar-refractivity contribution in [1.29, 1.82) is 0 Å². The fourth-order valence-corrected chi connectivity index (χ4v) is 3.07. The molecule has 1 aliphatic heterocycles. The lowest BCUT2D eigenvalue weighted by Crippen LogP contribution is -2.23. The molecule has 0 spiro atoms. The van der Waals surface area contributed by atoms with Crippen molar-refractivity contribution in [2.75, 3.05) is 12.9 Å². The zero-order chi connectivity index (χ0) is 13.7. The van der Waals surface area contributed by atoms with E-state index in [1.807, 2.05) is 25.1 Å². The lowest BCUT2D eigenvalue weighted by Gasteiger charge is -2.25. The molecule has 0 amide bonds. The zero-order valence-electron chi connectivity index (χ0n) is 11.2. The third-order valence-electron chi connectivity index (χ3n) is 3.05. The summed E-state index contributed by atoms with van der Waals surface area (Å²) in [7, 11) is 1.39. The van der Waals surface area contributed by atoms with Gasteiger partial charge >= 0.3 is 5.97 Å². The number of hydrogen-bond donors (Lipinski definition) is 0. The van der Waals surface area contributed by atoms with Gasteiger partial charge in [-0.25, -0.2) is 4.79 Å². The van der Waals surface area contributed by atoms with E-state index in [9.17, 15) is 4.79 Å². The molecule has 0 aromatic heterocycles. The molecule has 19 heavy (non-hydrogen) atoms. The van der Waals surface area contributed by atoms with Crippen molar-refractivity contribution in [1.82, 2.24) is 0 Å². The van der Waals surface area contributed by atoms with E-state index in [0.29, 0.717) is 10.7 Å². The van der Waals surface area contributed by atoms with Crippen molar-refractivity contribution < 1.29 is 14.3 Å². The number of aryl methyl sites for hydroxylation is 1. The molecule has 0 bridgehead atoms. The van der Waals surface area contributed by atoms with Crippen LogP contribution in [-0.4, -0.2) is 24.9 Å². The lowest BCUT2D eigenvalue weighted by molar-refractivity contribution is -0.135. The van der Waals surface area contributed by atoms with Crippen LogP contribution in [-0.2, 0) is 20.7 Å². The highest BCUT2D eigenvalue weighted by atomic mass is 32.2. The average Bonchev–Trinajstić information content (AvgIpc) is 2.45. The fourth-order valence-electron chi connectivity index (χ4n) is 2.03. The summed E-state index contributed by atoms with van der Waals surface area (Å²) in [5.74, 6) is 1.18. The van der Waals surface area contributed by atoms with Crippen LogP contribution in [0, 0.1) is 0 Å². The van der Waals surface area contributed by atoms with Crippen molar-refractivity contribution >= 4 is 17.7 Å². The van der Waals surface area contributed by atoms with Crippen LogP contribution in [0.4, 0.5) is 0 Å². The Kier molecular flexibility index (Phi) is 4.91. The third kappa shape index (κ3) is 3.77. The monoisotopic (exact) mass is 278 g/mol. The highest BCUT2D eigenvalue weighted by Crippen LogP contribution is 2.31. The molecule has 3 nitrogen and oxygen atoms in total. The van der Waals surface area contributed by atoms with E-state index in [2.05, 4.69) is 12.1 Å². The summed E-state index contributed by atoms with van der Waals surface area (Å²) >= 11 is 1.53. The quantitative estimate of drug-likeness (QED) is 0.793. The van der Waals surface area contributed by atoms with Gasteiger partial charge in [0.05, 0.1) is 7.11 Å². The van der Waals surface area contributed by atoms with Gasteiger partial charge in [-0.2, -0.15) is 0 Å². The van der Waals surface area contributed by atoms with Gasteiger partial charge in [0.2, 0.25) is 0 Å². The van der Waals surface area contributed by atoms with E-state index < -0.39 is 0 Å². The Balaban J connectivity index is 1.89. The second-order valence-corrected chi connectivity index (χ2v) is 5.48. The Bertz CT molecular complexity index is 468. The molecular formula is C15H18O3S. The van der Waals surface area contributed by atoms with Crippen LogP contribution in [0.5, 0.6) is 0 Å². The number of thioether (sulfide) groups is 1. The van der Waals surface area contributed by atoms with Gasteiger partial charge in [0.25, 0.3) is 0 Å². The molecule has 1 heterocycles. The van der Waals surface area contributed by atoms with Crippen LogP contribution in [0.2, 0.25) is 0 Å². The first-order valence-corrected chi connectivity index (χ1v) is 7.32. The standard InChI is InChI=1S/C15H18O3S/c1-11-14(15(16)17-2)19-10-13(18-11)9-8-12-6-4-3-5-7-12/h3-7,13H,8-10H2,1-2H3. The molecule has 0 N–H and O–H groups in total. The van der Waals surface area contributed by atoms with Gasteiger partial charge in [-0.05, 0) is 25.3 Å². The van der Waals surface area contributed by atoms with Gasteiger partial charge in [0, 0.05) is 5.75 Å². The van der Waals surface area contributed by atoms with Gasteiger partial charge in [0.15, 0.2) is 0 Å². The van der Waals surface area contributed by atoms with Crippen LogP contribution in [0.1, 0.15) is 18.9 Å². The molecule has 0 saturated heterocycles. The number of esters is 1. The number of allylic oxidation sites excluding steroid dienone is 1. The van der Waals surface area contributed by atoms with E-state index in [1.54, 1.807) is 0 Å². The summed E-state index contributed by atoms with van der Waals surface area (Å²) in [6.45, 7) is 1.83. The summed E-state index contributed by atoms with van der Waals surface area (Å²) in [4.78, 5) is 12.1. The second-order valence-electron chi connectivity index (χ2n) is 4.45. The molecule has 4 heteroatoms. The Morgan fingerprint density at radius 2 is 2.16 bits per heavy atom. The van der Waals surface area contributed by atoms with Crippen molar-refractivity contribution in [3.63, 3.8) is 0 Å². The molecule has 1 aliphatic rings. The van der Waals surface area contributed by atoms with Crippen LogP contribution in [0.15, 0.2) is 41.0 Å². The lowest BCUT2D eigenvalue weighted by atomic mass is 10.1. The summed E-state index contributed by atoms with van der Waals surface area (Å²) in [6.07, 6.45) is 2.12.